The van der Waals surface area contributed by atoms with E-state index < -0.39 is 12.0 Å². The lowest BCUT2D eigenvalue weighted by Gasteiger charge is -2.15. The van der Waals surface area contributed by atoms with Crippen LogP contribution in [-0.2, 0) is 19.1 Å². The van der Waals surface area contributed by atoms with Gasteiger partial charge in [-0.1, -0.05) is 124 Å². The third-order valence-electron chi connectivity index (χ3n) is 7.82. The second-order valence-electron chi connectivity index (χ2n) is 12.6. The standard InChI is InChI=1S/C45H70N2O5/c1-3-5-7-9-11-13-15-16-17-18-19-20-22-24-26-28-33-39-44(49)52-41(35-30-27-25-23-21-14-12-10-8-6-4-2)36-31-29-32-38-43(48)47-42(45(50)51)37-34-40-46/h5-8,11-14,16-17,19-20,23-26,30,35,41-42H,3-4,9-10,15,18,21-22,27-29,31-34,36-40,46H2,1-2H3,(H,47,48)(H,50,51)/b7-5-,8-6-,13-11-,14-12-,17-16-,20-19-,25-23-,26-24-,35-30-. The van der Waals surface area contributed by atoms with Gasteiger partial charge in [0.05, 0.1) is 0 Å². The Morgan fingerprint density at radius 2 is 1.06 bits per heavy atom. The molecule has 0 aromatic heterocycles. The molecule has 4 N–H and O–H groups in total. The van der Waals surface area contributed by atoms with Gasteiger partial charge in [0, 0.05) is 12.8 Å². The van der Waals surface area contributed by atoms with E-state index in [0.717, 1.165) is 83.5 Å². The lowest BCUT2D eigenvalue weighted by molar-refractivity contribution is -0.147. The summed E-state index contributed by atoms with van der Waals surface area (Å²) < 4.78 is 5.84. The van der Waals surface area contributed by atoms with E-state index in [0.29, 0.717) is 38.6 Å². The number of ether oxygens (including phenoxy) is 1. The van der Waals surface area contributed by atoms with Crippen molar-refractivity contribution < 1.29 is 24.2 Å². The summed E-state index contributed by atoms with van der Waals surface area (Å²) in [5.74, 6) is -1.50. The van der Waals surface area contributed by atoms with Gasteiger partial charge in [-0.2, -0.15) is 0 Å². The van der Waals surface area contributed by atoms with Gasteiger partial charge in [-0.15, -0.1) is 0 Å². The van der Waals surface area contributed by atoms with Gasteiger partial charge in [-0.25, -0.2) is 4.79 Å². The van der Waals surface area contributed by atoms with Crippen LogP contribution >= 0.6 is 0 Å². The van der Waals surface area contributed by atoms with Gasteiger partial charge in [0.2, 0.25) is 5.91 Å². The van der Waals surface area contributed by atoms with Crippen molar-refractivity contribution in [1.82, 2.24) is 5.32 Å². The molecule has 0 saturated carbocycles. The van der Waals surface area contributed by atoms with Gasteiger partial charge in [-0.05, 0) is 115 Å². The highest BCUT2D eigenvalue weighted by molar-refractivity contribution is 5.83. The molecule has 0 spiro atoms. The van der Waals surface area contributed by atoms with Gasteiger partial charge >= 0.3 is 11.9 Å². The summed E-state index contributed by atoms with van der Waals surface area (Å²) in [7, 11) is 0. The van der Waals surface area contributed by atoms with E-state index in [1.54, 1.807) is 0 Å². The first-order chi connectivity index (χ1) is 25.4. The largest absolute Gasteiger partial charge is 0.480 e. The average molecular weight is 719 g/mol. The fourth-order valence-corrected chi connectivity index (χ4v) is 4.92. The monoisotopic (exact) mass is 719 g/mol. The molecular weight excluding hydrogens is 649 g/mol. The van der Waals surface area contributed by atoms with Crippen LogP contribution in [0.1, 0.15) is 136 Å². The quantitative estimate of drug-likeness (QED) is 0.0353. The summed E-state index contributed by atoms with van der Waals surface area (Å²) in [6.07, 6.45) is 52.8. The first-order valence-electron chi connectivity index (χ1n) is 19.7. The second-order valence-corrected chi connectivity index (χ2v) is 12.6. The summed E-state index contributed by atoms with van der Waals surface area (Å²) >= 11 is 0. The molecule has 0 rings (SSSR count). The minimum atomic E-state index is -1.04. The van der Waals surface area contributed by atoms with E-state index in [-0.39, 0.29) is 24.4 Å². The molecule has 0 aromatic rings. The number of carbonyl (C=O) groups is 3. The number of amides is 1. The maximum Gasteiger partial charge on any atom is 0.326 e. The molecule has 0 fully saturated rings. The molecule has 0 aliphatic rings. The highest BCUT2D eigenvalue weighted by atomic mass is 16.5. The van der Waals surface area contributed by atoms with Crippen molar-refractivity contribution in [2.75, 3.05) is 6.54 Å². The number of rotatable bonds is 33. The molecule has 0 radical (unpaired) electrons. The van der Waals surface area contributed by atoms with Crippen LogP contribution in [0.25, 0.3) is 0 Å². The minimum absolute atomic E-state index is 0.198. The predicted molar refractivity (Wildman–Crippen MR) is 220 cm³/mol. The van der Waals surface area contributed by atoms with Crippen molar-refractivity contribution in [3.05, 3.63) is 109 Å². The Morgan fingerprint density at radius 1 is 0.577 bits per heavy atom. The molecule has 52 heavy (non-hydrogen) atoms. The van der Waals surface area contributed by atoms with Crippen LogP contribution in [0.2, 0.25) is 0 Å². The topological polar surface area (TPSA) is 119 Å². The van der Waals surface area contributed by atoms with Crippen molar-refractivity contribution >= 4 is 17.8 Å². The van der Waals surface area contributed by atoms with Crippen LogP contribution in [0, 0.1) is 0 Å². The fourth-order valence-electron chi connectivity index (χ4n) is 4.92. The first kappa shape index (κ1) is 48.0. The highest BCUT2D eigenvalue weighted by Gasteiger charge is 2.19. The molecule has 7 heteroatoms. The summed E-state index contributed by atoms with van der Waals surface area (Å²) in [6.45, 7) is 4.66. The van der Waals surface area contributed by atoms with E-state index in [1.807, 2.05) is 12.2 Å². The number of unbranched alkanes of at least 4 members (excludes halogenated alkanes) is 3. The van der Waals surface area contributed by atoms with Crippen molar-refractivity contribution in [3.63, 3.8) is 0 Å². The number of hydrogen-bond donors (Lipinski definition) is 3. The Balaban J connectivity index is 4.62. The number of allylic oxidation sites excluding steroid dienone is 17. The van der Waals surface area contributed by atoms with E-state index in [1.165, 1.54) is 0 Å². The van der Waals surface area contributed by atoms with Crippen molar-refractivity contribution in [2.24, 2.45) is 5.73 Å². The van der Waals surface area contributed by atoms with Crippen LogP contribution in [0.3, 0.4) is 0 Å². The van der Waals surface area contributed by atoms with Crippen LogP contribution in [0.5, 0.6) is 0 Å². The third-order valence-corrected chi connectivity index (χ3v) is 7.82. The van der Waals surface area contributed by atoms with E-state index in [2.05, 4.69) is 116 Å². The molecule has 0 aliphatic carbocycles. The van der Waals surface area contributed by atoms with Gasteiger partial charge in [0.1, 0.15) is 12.1 Å². The molecule has 0 aromatic carbocycles. The van der Waals surface area contributed by atoms with Gasteiger partial charge in [0.25, 0.3) is 0 Å². The molecule has 2 atom stereocenters. The Morgan fingerprint density at radius 3 is 1.54 bits per heavy atom. The number of nitrogens with two attached hydrogens (primary N) is 1. The number of hydrogen-bond acceptors (Lipinski definition) is 5. The molecular formula is C45H70N2O5. The van der Waals surface area contributed by atoms with E-state index in [9.17, 15) is 19.5 Å². The zero-order valence-corrected chi connectivity index (χ0v) is 32.3. The normalized spacial score (nSPS) is 13.9. The summed E-state index contributed by atoms with van der Waals surface area (Å²) in [5.41, 5.74) is 5.48. The molecule has 0 saturated heterocycles. The molecule has 0 heterocycles. The van der Waals surface area contributed by atoms with E-state index in [4.69, 9.17) is 10.5 Å². The number of aliphatic carboxylic acids is 1. The molecule has 0 aliphatic heterocycles. The Hall–Kier alpha value is -3.97. The first-order valence-corrected chi connectivity index (χ1v) is 19.7. The average Bonchev–Trinajstić information content (AvgIpc) is 3.13. The number of carboxylic acids is 1. The highest BCUT2D eigenvalue weighted by Crippen LogP contribution is 2.13. The Bertz CT molecular complexity index is 1170. The zero-order valence-electron chi connectivity index (χ0n) is 32.3. The SMILES string of the molecule is CC/C=C\C/C=C\C/C=C\C/C=C\C/C=C\CCCC(=O)OC(/C=C\C/C=C\C/C=C\C/C=C\CC)CCCCCC(=O)NC(CCCN)C(=O)O. The second kappa shape index (κ2) is 38.3. The molecule has 290 valence electrons. The summed E-state index contributed by atoms with van der Waals surface area (Å²) in [6, 6.07) is -0.904. The summed E-state index contributed by atoms with van der Waals surface area (Å²) in [4.78, 5) is 36.3. The molecule has 2 unspecified atom stereocenters. The van der Waals surface area contributed by atoms with Gasteiger partial charge < -0.3 is 20.9 Å². The van der Waals surface area contributed by atoms with Crippen LogP contribution in [-0.4, -0.2) is 41.6 Å². The van der Waals surface area contributed by atoms with Crippen LogP contribution < -0.4 is 11.1 Å². The van der Waals surface area contributed by atoms with Crippen LogP contribution in [0.4, 0.5) is 0 Å². The number of esters is 1. The van der Waals surface area contributed by atoms with E-state index >= 15 is 0 Å². The zero-order chi connectivity index (χ0) is 38.2. The van der Waals surface area contributed by atoms with Crippen molar-refractivity contribution in [3.8, 4) is 0 Å². The molecule has 7 nitrogen and oxygen atoms in total. The minimum Gasteiger partial charge on any atom is -0.480 e. The van der Waals surface area contributed by atoms with Gasteiger partial charge in [-0.3, -0.25) is 9.59 Å². The predicted octanol–water partition coefficient (Wildman–Crippen LogP) is 10.9. The smallest absolute Gasteiger partial charge is 0.326 e. The number of carboxylic acid groups (broad SMARTS) is 1. The maximum atomic E-state index is 12.7. The van der Waals surface area contributed by atoms with Crippen LogP contribution in [0.15, 0.2) is 109 Å². The Labute approximate surface area is 316 Å². The third kappa shape index (κ3) is 34.5. The lowest BCUT2D eigenvalue weighted by Crippen LogP contribution is -2.40. The lowest BCUT2D eigenvalue weighted by atomic mass is 10.1. The fraction of sp³-hybridized carbons (Fsp3) is 0.533. The maximum absolute atomic E-state index is 12.7. The number of nitrogens with one attached hydrogen (secondary N) is 1. The molecule has 0 bridgehead atoms. The summed E-state index contributed by atoms with van der Waals surface area (Å²) in [5, 5.41) is 11.9. The van der Waals surface area contributed by atoms with Crippen molar-refractivity contribution in [1.29, 1.82) is 0 Å². The van der Waals surface area contributed by atoms with Gasteiger partial charge in [0.15, 0.2) is 0 Å². The Kier molecular flexibility index (Phi) is 35.3. The molecule has 1 amide bonds. The number of carbonyl (C=O) groups excluding carboxylic acids is 2. The van der Waals surface area contributed by atoms with Crippen molar-refractivity contribution in [2.45, 2.75) is 148 Å².